The van der Waals surface area contributed by atoms with E-state index in [2.05, 4.69) is 169 Å². The highest BCUT2D eigenvalue weighted by molar-refractivity contribution is 7.26. The summed E-state index contributed by atoms with van der Waals surface area (Å²) in [5, 5.41) is 7.45. The molecule has 0 aliphatic carbocycles. The van der Waals surface area contributed by atoms with Gasteiger partial charge < -0.3 is 9.32 Å². The van der Waals surface area contributed by atoms with Crippen molar-refractivity contribution in [1.82, 2.24) is 0 Å². The summed E-state index contributed by atoms with van der Waals surface area (Å²) in [4.78, 5) is 2.37. The highest BCUT2D eigenvalue weighted by Crippen LogP contribution is 2.44. The van der Waals surface area contributed by atoms with E-state index in [4.69, 9.17) is 4.42 Å². The number of fused-ring (bicyclic) bond motifs is 8. The first-order valence-electron chi connectivity index (χ1n) is 16.6. The molecule has 10 rings (SSSR count). The minimum Gasteiger partial charge on any atom is -0.455 e. The van der Waals surface area contributed by atoms with Gasteiger partial charge in [0, 0.05) is 53.6 Å². The topological polar surface area (TPSA) is 16.4 Å². The summed E-state index contributed by atoms with van der Waals surface area (Å²) in [6, 6.07) is 63.2. The average molecular weight is 644 g/mol. The summed E-state index contributed by atoms with van der Waals surface area (Å²) in [5.74, 6) is 0. The second-order valence-corrected chi connectivity index (χ2v) is 13.6. The number of anilines is 3. The molecule has 10 aromatic rings. The molecule has 0 N–H and O–H groups in total. The van der Waals surface area contributed by atoms with Crippen molar-refractivity contribution in [2.75, 3.05) is 4.90 Å². The van der Waals surface area contributed by atoms with E-state index < -0.39 is 0 Å². The van der Waals surface area contributed by atoms with Crippen LogP contribution in [0.2, 0.25) is 0 Å². The quantitative estimate of drug-likeness (QED) is 0.186. The van der Waals surface area contributed by atoms with E-state index in [9.17, 15) is 0 Å². The predicted octanol–water partition coefficient (Wildman–Crippen LogP) is 13.9. The summed E-state index contributed by atoms with van der Waals surface area (Å²) in [7, 11) is 0. The minimum absolute atomic E-state index is 0.913. The summed E-state index contributed by atoms with van der Waals surface area (Å²) < 4.78 is 9.02. The van der Waals surface area contributed by atoms with Gasteiger partial charge in [0.25, 0.3) is 0 Å². The molecule has 3 heteroatoms. The SMILES string of the molecule is c1ccc(-c2ccc(N(c3ccc(-c4cccc5c4oc4ccccc45)cc3)c3ccc4sc5c6ccccc6ccc5c4c3)cc2)cc1. The van der Waals surface area contributed by atoms with E-state index in [1.54, 1.807) is 0 Å². The van der Waals surface area contributed by atoms with Gasteiger partial charge in [-0.1, -0.05) is 127 Å². The van der Waals surface area contributed by atoms with Crippen molar-refractivity contribution in [1.29, 1.82) is 0 Å². The molecule has 2 aromatic heterocycles. The lowest BCUT2D eigenvalue weighted by atomic mass is 10.0. The fraction of sp³-hybridized carbons (Fsp3) is 0. The van der Waals surface area contributed by atoms with Crippen molar-refractivity contribution in [3.8, 4) is 22.3 Å². The van der Waals surface area contributed by atoms with E-state index in [0.717, 1.165) is 50.1 Å². The van der Waals surface area contributed by atoms with Gasteiger partial charge in [-0.2, -0.15) is 0 Å². The number of para-hydroxylation sites is 2. The van der Waals surface area contributed by atoms with Crippen LogP contribution in [0.25, 0.3) is 75.1 Å². The van der Waals surface area contributed by atoms with Gasteiger partial charge >= 0.3 is 0 Å². The lowest BCUT2D eigenvalue weighted by Crippen LogP contribution is -2.09. The Hall–Kier alpha value is -6.16. The monoisotopic (exact) mass is 643 g/mol. The molecule has 0 unspecified atom stereocenters. The van der Waals surface area contributed by atoms with Crippen LogP contribution in [-0.4, -0.2) is 0 Å². The number of hydrogen-bond donors (Lipinski definition) is 0. The van der Waals surface area contributed by atoms with Crippen LogP contribution in [0, 0.1) is 0 Å². The maximum atomic E-state index is 6.39. The maximum absolute atomic E-state index is 6.39. The Morgan fingerprint density at radius 1 is 0.408 bits per heavy atom. The van der Waals surface area contributed by atoms with Crippen molar-refractivity contribution in [2.45, 2.75) is 0 Å². The largest absolute Gasteiger partial charge is 0.455 e. The van der Waals surface area contributed by atoms with Gasteiger partial charge in [-0.15, -0.1) is 11.3 Å². The summed E-state index contributed by atoms with van der Waals surface area (Å²) in [5.41, 5.74) is 9.79. The molecule has 0 bridgehead atoms. The molecule has 0 spiro atoms. The first-order chi connectivity index (χ1) is 24.3. The van der Waals surface area contributed by atoms with Crippen LogP contribution in [0.4, 0.5) is 17.1 Å². The normalized spacial score (nSPS) is 11.7. The Morgan fingerprint density at radius 3 is 1.88 bits per heavy atom. The molecule has 49 heavy (non-hydrogen) atoms. The number of furan rings is 1. The molecule has 2 nitrogen and oxygen atoms in total. The van der Waals surface area contributed by atoms with Crippen LogP contribution >= 0.6 is 11.3 Å². The second kappa shape index (κ2) is 11.2. The van der Waals surface area contributed by atoms with E-state index in [1.807, 2.05) is 23.5 Å². The smallest absolute Gasteiger partial charge is 0.143 e. The zero-order chi connectivity index (χ0) is 32.3. The molecule has 0 amide bonds. The van der Waals surface area contributed by atoms with E-state index in [-0.39, 0.29) is 0 Å². The van der Waals surface area contributed by atoms with Gasteiger partial charge in [-0.05, 0) is 76.0 Å². The van der Waals surface area contributed by atoms with Crippen molar-refractivity contribution >= 4 is 81.3 Å². The molecule has 0 aliphatic heterocycles. The predicted molar refractivity (Wildman–Crippen MR) is 210 cm³/mol. The highest BCUT2D eigenvalue weighted by Gasteiger charge is 2.17. The van der Waals surface area contributed by atoms with Crippen molar-refractivity contribution in [3.63, 3.8) is 0 Å². The number of benzene rings is 8. The standard InChI is InChI=1S/C46H29NOS/c1-2-9-30(10-3-1)31-17-22-34(23-18-31)47(36-26-28-44-42(29-36)41-27-21-32-11-4-5-12-38(32)46(41)49-44)35-24-19-33(20-25-35)37-14-8-15-40-39-13-6-7-16-43(39)48-45(37)40/h1-29H. The Labute approximate surface area is 287 Å². The van der Waals surface area contributed by atoms with E-state index in [0.29, 0.717) is 0 Å². The third kappa shape index (κ3) is 4.62. The van der Waals surface area contributed by atoms with Gasteiger partial charge in [0.15, 0.2) is 0 Å². The second-order valence-electron chi connectivity index (χ2n) is 12.5. The molecule has 0 aliphatic rings. The number of hydrogen-bond acceptors (Lipinski definition) is 3. The Morgan fingerprint density at radius 2 is 1.06 bits per heavy atom. The van der Waals surface area contributed by atoms with Crippen molar-refractivity contribution in [3.05, 3.63) is 176 Å². The van der Waals surface area contributed by atoms with Gasteiger partial charge in [-0.25, -0.2) is 0 Å². The third-order valence-electron chi connectivity index (χ3n) is 9.68. The summed E-state index contributed by atoms with van der Waals surface area (Å²) in [6.45, 7) is 0. The summed E-state index contributed by atoms with van der Waals surface area (Å²) >= 11 is 1.88. The van der Waals surface area contributed by atoms with Gasteiger partial charge in [0.1, 0.15) is 11.2 Å². The van der Waals surface area contributed by atoms with Crippen LogP contribution in [0.3, 0.4) is 0 Å². The van der Waals surface area contributed by atoms with Crippen molar-refractivity contribution < 1.29 is 4.42 Å². The Kier molecular flexibility index (Phi) is 6.39. The fourth-order valence-electron chi connectivity index (χ4n) is 7.28. The molecule has 230 valence electrons. The summed E-state index contributed by atoms with van der Waals surface area (Å²) in [6.07, 6.45) is 0. The zero-order valence-electron chi connectivity index (χ0n) is 26.5. The van der Waals surface area contributed by atoms with Crippen LogP contribution in [0.15, 0.2) is 180 Å². The van der Waals surface area contributed by atoms with Crippen molar-refractivity contribution in [2.24, 2.45) is 0 Å². The first-order valence-corrected chi connectivity index (χ1v) is 17.4. The third-order valence-corrected chi connectivity index (χ3v) is 10.9. The molecule has 2 heterocycles. The molecule has 0 saturated heterocycles. The fourth-order valence-corrected chi connectivity index (χ4v) is 8.50. The van der Waals surface area contributed by atoms with Gasteiger partial charge in [0.2, 0.25) is 0 Å². The molecule has 0 fully saturated rings. The van der Waals surface area contributed by atoms with E-state index in [1.165, 1.54) is 42.1 Å². The van der Waals surface area contributed by atoms with E-state index >= 15 is 0 Å². The molecule has 8 aromatic carbocycles. The molecule has 0 atom stereocenters. The number of thiophene rings is 1. The first kappa shape index (κ1) is 27.9. The van der Waals surface area contributed by atoms with Crippen LogP contribution < -0.4 is 4.90 Å². The number of rotatable bonds is 5. The van der Waals surface area contributed by atoms with Crippen LogP contribution in [-0.2, 0) is 0 Å². The molecule has 0 saturated carbocycles. The lowest BCUT2D eigenvalue weighted by molar-refractivity contribution is 0.670. The molecular weight excluding hydrogens is 615 g/mol. The Bertz CT molecular complexity index is 2810. The lowest BCUT2D eigenvalue weighted by Gasteiger charge is -2.26. The number of nitrogens with zero attached hydrogens (tertiary/aromatic N) is 1. The molecule has 0 radical (unpaired) electrons. The highest BCUT2D eigenvalue weighted by atomic mass is 32.1. The zero-order valence-corrected chi connectivity index (χ0v) is 27.3. The Balaban J connectivity index is 1.11. The minimum atomic E-state index is 0.913. The van der Waals surface area contributed by atoms with Gasteiger partial charge in [-0.3, -0.25) is 0 Å². The van der Waals surface area contributed by atoms with Crippen LogP contribution in [0.5, 0.6) is 0 Å². The van der Waals surface area contributed by atoms with Gasteiger partial charge in [0.05, 0.1) is 0 Å². The average Bonchev–Trinajstić information content (AvgIpc) is 3.75. The maximum Gasteiger partial charge on any atom is 0.143 e. The van der Waals surface area contributed by atoms with Crippen LogP contribution in [0.1, 0.15) is 0 Å². The molecular formula is C46H29NOS.